The summed E-state index contributed by atoms with van der Waals surface area (Å²) < 4.78 is 0. The van der Waals surface area contributed by atoms with E-state index in [9.17, 15) is 9.59 Å². The fourth-order valence-corrected chi connectivity index (χ4v) is 1.65. The standard InChI is InChI=1S/C13H19N3O3/c14-8-4-7-10(13(18)19)16-12(17)11(15)9-5-2-1-3-6-9/h1-3,5-6,10-11H,4,7-8,14-15H2,(H,16,17)(H,18,19)/t10-,11+/m0/s1. The minimum absolute atomic E-state index is 0.291. The monoisotopic (exact) mass is 265 g/mol. The van der Waals surface area contributed by atoms with Gasteiger partial charge in [-0.2, -0.15) is 0 Å². The number of carboxylic acids is 1. The highest BCUT2D eigenvalue weighted by atomic mass is 16.4. The van der Waals surface area contributed by atoms with Gasteiger partial charge >= 0.3 is 5.97 Å². The molecule has 6 N–H and O–H groups in total. The van der Waals surface area contributed by atoms with Gasteiger partial charge in [-0.25, -0.2) is 4.79 Å². The lowest BCUT2D eigenvalue weighted by molar-refractivity contribution is -0.142. The van der Waals surface area contributed by atoms with Crippen LogP contribution in [0.25, 0.3) is 0 Å². The third-order valence-electron chi connectivity index (χ3n) is 2.75. The van der Waals surface area contributed by atoms with Gasteiger partial charge < -0.3 is 21.9 Å². The molecule has 0 bridgehead atoms. The molecular formula is C13H19N3O3. The smallest absolute Gasteiger partial charge is 0.326 e. The SMILES string of the molecule is NCCC[C@H](NC(=O)[C@H](N)c1ccccc1)C(=O)O. The van der Waals surface area contributed by atoms with Crippen LogP contribution in [0.3, 0.4) is 0 Å². The summed E-state index contributed by atoms with van der Waals surface area (Å²) in [5, 5.41) is 11.4. The number of nitrogens with one attached hydrogen (secondary N) is 1. The number of amides is 1. The van der Waals surface area contributed by atoms with Gasteiger partial charge in [0.05, 0.1) is 0 Å². The lowest BCUT2D eigenvalue weighted by Gasteiger charge is -2.17. The molecule has 1 aromatic rings. The number of rotatable bonds is 7. The quantitative estimate of drug-likeness (QED) is 0.553. The summed E-state index contributed by atoms with van der Waals surface area (Å²) in [5.74, 6) is -1.59. The zero-order valence-electron chi connectivity index (χ0n) is 10.6. The molecule has 104 valence electrons. The van der Waals surface area contributed by atoms with Gasteiger partial charge in [-0.15, -0.1) is 0 Å². The van der Waals surface area contributed by atoms with E-state index < -0.39 is 24.0 Å². The predicted octanol–water partition coefficient (Wildman–Crippen LogP) is -0.00530. The van der Waals surface area contributed by atoms with E-state index >= 15 is 0 Å². The van der Waals surface area contributed by atoms with Gasteiger partial charge in [-0.1, -0.05) is 30.3 Å². The normalized spacial score (nSPS) is 13.6. The van der Waals surface area contributed by atoms with Crippen LogP contribution in [-0.2, 0) is 9.59 Å². The Balaban J connectivity index is 2.64. The first kappa shape index (κ1) is 15.1. The predicted molar refractivity (Wildman–Crippen MR) is 71.2 cm³/mol. The average Bonchev–Trinajstić information content (AvgIpc) is 2.43. The first-order valence-corrected chi connectivity index (χ1v) is 6.10. The maximum absolute atomic E-state index is 11.9. The summed E-state index contributed by atoms with van der Waals surface area (Å²) in [6, 6.07) is 6.97. The molecule has 0 fully saturated rings. The van der Waals surface area contributed by atoms with Crippen LogP contribution in [0.2, 0.25) is 0 Å². The second-order valence-corrected chi connectivity index (χ2v) is 4.22. The Labute approximate surface area is 111 Å². The second kappa shape index (κ2) is 7.50. The molecule has 2 atom stereocenters. The van der Waals surface area contributed by atoms with Crippen LogP contribution in [0, 0.1) is 0 Å². The maximum atomic E-state index is 11.9. The maximum Gasteiger partial charge on any atom is 0.326 e. The van der Waals surface area contributed by atoms with Crippen LogP contribution in [-0.4, -0.2) is 29.6 Å². The van der Waals surface area contributed by atoms with Gasteiger partial charge in [0.2, 0.25) is 5.91 Å². The number of carboxylic acid groups (broad SMARTS) is 1. The van der Waals surface area contributed by atoms with Gasteiger partial charge in [-0.05, 0) is 24.9 Å². The number of hydrogen-bond acceptors (Lipinski definition) is 4. The highest BCUT2D eigenvalue weighted by Crippen LogP contribution is 2.10. The molecule has 6 nitrogen and oxygen atoms in total. The van der Waals surface area contributed by atoms with Crippen molar-refractivity contribution in [1.29, 1.82) is 0 Å². The van der Waals surface area contributed by atoms with Crippen molar-refractivity contribution in [3.05, 3.63) is 35.9 Å². The van der Waals surface area contributed by atoms with E-state index in [4.69, 9.17) is 16.6 Å². The fraction of sp³-hybridized carbons (Fsp3) is 0.385. The summed E-state index contributed by atoms with van der Waals surface area (Å²) >= 11 is 0. The van der Waals surface area contributed by atoms with Crippen LogP contribution in [0.1, 0.15) is 24.4 Å². The van der Waals surface area contributed by atoms with E-state index in [0.29, 0.717) is 24.9 Å². The first-order valence-electron chi connectivity index (χ1n) is 6.10. The van der Waals surface area contributed by atoms with Crippen molar-refractivity contribution >= 4 is 11.9 Å². The largest absolute Gasteiger partial charge is 0.480 e. The molecule has 0 heterocycles. The van der Waals surface area contributed by atoms with E-state index in [1.165, 1.54) is 0 Å². The molecule has 6 heteroatoms. The molecule has 0 aliphatic rings. The summed E-state index contributed by atoms with van der Waals surface area (Å²) in [5.41, 5.74) is 11.8. The number of hydrogen-bond donors (Lipinski definition) is 4. The molecule has 0 aromatic heterocycles. The van der Waals surface area contributed by atoms with Crippen molar-refractivity contribution in [2.24, 2.45) is 11.5 Å². The van der Waals surface area contributed by atoms with E-state index in [1.807, 2.05) is 6.07 Å². The van der Waals surface area contributed by atoms with Crippen LogP contribution < -0.4 is 16.8 Å². The zero-order valence-corrected chi connectivity index (χ0v) is 10.6. The Morgan fingerprint density at radius 3 is 2.42 bits per heavy atom. The number of aliphatic carboxylic acids is 1. The van der Waals surface area contributed by atoms with Gasteiger partial charge in [0.1, 0.15) is 12.1 Å². The van der Waals surface area contributed by atoms with Crippen molar-refractivity contribution < 1.29 is 14.7 Å². The second-order valence-electron chi connectivity index (χ2n) is 4.22. The van der Waals surface area contributed by atoms with Crippen LogP contribution >= 0.6 is 0 Å². The van der Waals surface area contributed by atoms with Gasteiger partial charge in [-0.3, -0.25) is 4.79 Å². The number of nitrogens with two attached hydrogens (primary N) is 2. The van der Waals surface area contributed by atoms with Crippen molar-refractivity contribution in [3.8, 4) is 0 Å². The Morgan fingerprint density at radius 1 is 1.26 bits per heavy atom. The van der Waals surface area contributed by atoms with Gasteiger partial charge in [0, 0.05) is 0 Å². The Kier molecular flexibility index (Phi) is 5.98. The van der Waals surface area contributed by atoms with Crippen molar-refractivity contribution in [3.63, 3.8) is 0 Å². The molecule has 1 amide bonds. The molecule has 0 radical (unpaired) electrons. The third kappa shape index (κ3) is 4.69. The molecule has 1 rings (SSSR count). The topological polar surface area (TPSA) is 118 Å². The lowest BCUT2D eigenvalue weighted by Crippen LogP contribution is -2.45. The van der Waals surface area contributed by atoms with Crippen molar-refractivity contribution in [1.82, 2.24) is 5.32 Å². The fourth-order valence-electron chi connectivity index (χ4n) is 1.65. The minimum atomic E-state index is -1.08. The molecule has 0 spiro atoms. The summed E-state index contributed by atoms with van der Waals surface area (Å²) in [6.45, 7) is 0.379. The van der Waals surface area contributed by atoms with E-state index in [1.54, 1.807) is 24.3 Å². The number of benzene rings is 1. The third-order valence-corrected chi connectivity index (χ3v) is 2.75. The highest BCUT2D eigenvalue weighted by Gasteiger charge is 2.23. The summed E-state index contributed by atoms with van der Waals surface area (Å²) in [6.07, 6.45) is 0.816. The van der Waals surface area contributed by atoms with Crippen LogP contribution in [0.4, 0.5) is 0 Å². The molecule has 0 aliphatic carbocycles. The Bertz CT molecular complexity index is 422. The van der Waals surface area contributed by atoms with E-state index in [-0.39, 0.29) is 0 Å². The average molecular weight is 265 g/mol. The van der Waals surface area contributed by atoms with Crippen molar-refractivity contribution in [2.45, 2.75) is 24.9 Å². The zero-order chi connectivity index (χ0) is 14.3. The summed E-state index contributed by atoms with van der Waals surface area (Å²) in [4.78, 5) is 22.9. The highest BCUT2D eigenvalue weighted by molar-refractivity contribution is 5.87. The molecule has 0 saturated heterocycles. The van der Waals surface area contributed by atoms with Crippen LogP contribution in [0.15, 0.2) is 30.3 Å². The van der Waals surface area contributed by atoms with Crippen molar-refractivity contribution in [2.75, 3.05) is 6.54 Å². The molecule has 0 aliphatic heterocycles. The molecule has 0 unspecified atom stereocenters. The first-order chi connectivity index (χ1) is 9.06. The van der Waals surface area contributed by atoms with Gasteiger partial charge in [0.15, 0.2) is 0 Å². The molecule has 0 saturated carbocycles. The molecule has 19 heavy (non-hydrogen) atoms. The lowest BCUT2D eigenvalue weighted by atomic mass is 10.1. The minimum Gasteiger partial charge on any atom is -0.480 e. The van der Waals surface area contributed by atoms with E-state index in [0.717, 1.165) is 0 Å². The molecular weight excluding hydrogens is 246 g/mol. The van der Waals surface area contributed by atoms with Crippen LogP contribution in [0.5, 0.6) is 0 Å². The Hall–Kier alpha value is -1.92. The van der Waals surface area contributed by atoms with E-state index in [2.05, 4.69) is 5.32 Å². The van der Waals surface area contributed by atoms with Gasteiger partial charge in [0.25, 0.3) is 0 Å². The Morgan fingerprint density at radius 2 is 1.89 bits per heavy atom. The molecule has 1 aromatic carbocycles. The number of carbonyl (C=O) groups is 2. The number of carbonyl (C=O) groups excluding carboxylic acids is 1. The summed E-state index contributed by atoms with van der Waals surface area (Å²) in [7, 11) is 0.